The summed E-state index contributed by atoms with van der Waals surface area (Å²) in [5.74, 6) is 0. The van der Waals surface area contributed by atoms with Gasteiger partial charge in [0.1, 0.15) is 0 Å². The molecule has 4 heteroatoms. The number of hydrogen-bond acceptors (Lipinski definition) is 4. The maximum atomic E-state index is 2.83. The molecule has 0 amide bonds. The summed E-state index contributed by atoms with van der Waals surface area (Å²) >= 11 is 4.23. The standard InChI is InChI=1S/C54H44N2S2/c1-54(2)45-33-40(56-50-43-17-9-11-19-47(43)57-52(50)53-51(56)44-18-10-12-20-48(44)58-53)29-30-41(45)42-31-32-46(49(42)54)55(38-25-21-36(22-26-38)34-13-5-3-6-14-34)39-27-23-37(24-28-39)35-15-7-4-8-16-35/h3-30,33,46,50-53H,31-32H2,1-2H3. The van der Waals surface area contributed by atoms with E-state index in [0.717, 1.165) is 12.8 Å². The molecule has 0 radical (unpaired) electrons. The minimum Gasteiger partial charge on any atom is -0.355 e. The quantitative estimate of drug-likeness (QED) is 0.166. The van der Waals surface area contributed by atoms with E-state index in [4.69, 9.17) is 0 Å². The summed E-state index contributed by atoms with van der Waals surface area (Å²) in [6.45, 7) is 5.00. The second-order valence-corrected chi connectivity index (χ2v) is 19.5. The zero-order valence-corrected chi connectivity index (χ0v) is 34.4. The molecule has 1 fully saturated rings. The molecule has 5 aliphatic rings. The van der Waals surface area contributed by atoms with E-state index in [-0.39, 0.29) is 11.5 Å². The van der Waals surface area contributed by atoms with Gasteiger partial charge >= 0.3 is 0 Å². The Labute approximate surface area is 350 Å². The number of rotatable bonds is 6. The van der Waals surface area contributed by atoms with Crippen LogP contribution < -0.4 is 9.80 Å². The van der Waals surface area contributed by atoms with Crippen molar-refractivity contribution in [3.8, 4) is 22.3 Å². The molecule has 2 nitrogen and oxygen atoms in total. The van der Waals surface area contributed by atoms with Crippen LogP contribution in [0.15, 0.2) is 191 Å². The van der Waals surface area contributed by atoms with Gasteiger partial charge in [-0.25, -0.2) is 0 Å². The van der Waals surface area contributed by atoms with Crippen LogP contribution in [0.25, 0.3) is 27.8 Å². The fourth-order valence-electron chi connectivity index (χ4n) is 11.2. The summed E-state index contributed by atoms with van der Waals surface area (Å²) in [6, 6.07) is 67.0. The van der Waals surface area contributed by atoms with Crippen molar-refractivity contribution in [1.82, 2.24) is 0 Å². The largest absolute Gasteiger partial charge is 0.355 e. The van der Waals surface area contributed by atoms with E-state index in [0.29, 0.717) is 22.6 Å². The van der Waals surface area contributed by atoms with Crippen LogP contribution in [-0.4, -0.2) is 16.5 Å². The average molecular weight is 785 g/mol. The van der Waals surface area contributed by atoms with Crippen molar-refractivity contribution in [2.24, 2.45) is 0 Å². The highest BCUT2D eigenvalue weighted by molar-refractivity contribution is 8.04. The normalized spacial score (nSPS) is 22.9. The summed E-state index contributed by atoms with van der Waals surface area (Å²) in [5.41, 5.74) is 17.8. The van der Waals surface area contributed by atoms with Gasteiger partial charge < -0.3 is 9.80 Å². The third kappa shape index (κ3) is 5.20. The molecule has 7 aromatic carbocycles. The van der Waals surface area contributed by atoms with E-state index in [2.05, 4.69) is 223 Å². The Bertz CT molecular complexity index is 2600. The molecule has 282 valence electrons. The average Bonchev–Trinajstić information content (AvgIpc) is 4.08. The number of allylic oxidation sites excluding steroid dienone is 1. The minimum absolute atomic E-state index is 0.128. The van der Waals surface area contributed by atoms with Crippen molar-refractivity contribution in [2.75, 3.05) is 9.80 Å². The zero-order chi connectivity index (χ0) is 38.5. The topological polar surface area (TPSA) is 6.48 Å². The van der Waals surface area contributed by atoms with E-state index >= 15 is 0 Å². The third-order valence-electron chi connectivity index (χ3n) is 13.7. The molecule has 0 saturated carbocycles. The number of anilines is 3. The number of benzene rings is 7. The highest BCUT2D eigenvalue weighted by atomic mass is 32.2. The second kappa shape index (κ2) is 13.3. The molecule has 2 aliphatic carbocycles. The Morgan fingerprint density at radius 2 is 1.02 bits per heavy atom. The van der Waals surface area contributed by atoms with Gasteiger partial charge in [-0.05, 0) is 117 Å². The van der Waals surface area contributed by atoms with Crippen LogP contribution in [0.2, 0.25) is 0 Å². The highest BCUT2D eigenvalue weighted by Gasteiger charge is 2.57. The smallest absolute Gasteiger partial charge is 0.0694 e. The molecule has 0 bridgehead atoms. The summed E-state index contributed by atoms with van der Waals surface area (Å²) in [7, 11) is 0. The molecule has 3 heterocycles. The van der Waals surface area contributed by atoms with Crippen LogP contribution in [0.3, 0.4) is 0 Å². The lowest BCUT2D eigenvalue weighted by Crippen LogP contribution is -2.37. The van der Waals surface area contributed by atoms with Gasteiger partial charge in [0.15, 0.2) is 0 Å². The molecule has 3 aliphatic heterocycles. The van der Waals surface area contributed by atoms with Crippen LogP contribution in [0, 0.1) is 0 Å². The van der Waals surface area contributed by atoms with Crippen molar-refractivity contribution in [2.45, 2.75) is 70.5 Å². The Hall–Kier alpha value is -5.42. The molecule has 12 rings (SSSR count). The molecule has 0 spiro atoms. The number of thioether (sulfide) groups is 2. The molecule has 1 saturated heterocycles. The lowest BCUT2D eigenvalue weighted by Gasteiger charge is -2.39. The highest BCUT2D eigenvalue weighted by Crippen LogP contribution is 2.66. The van der Waals surface area contributed by atoms with Gasteiger partial charge in [-0.2, -0.15) is 0 Å². The number of nitrogens with zero attached hydrogens (tertiary/aromatic N) is 2. The van der Waals surface area contributed by atoms with Gasteiger partial charge in [-0.15, -0.1) is 23.5 Å². The first kappa shape index (κ1) is 34.6. The van der Waals surface area contributed by atoms with Crippen LogP contribution in [0.4, 0.5) is 17.1 Å². The third-order valence-corrected chi connectivity index (χ3v) is 16.7. The van der Waals surface area contributed by atoms with E-state index in [1.54, 1.807) is 11.1 Å². The molecule has 5 atom stereocenters. The first-order valence-corrected chi connectivity index (χ1v) is 22.6. The van der Waals surface area contributed by atoms with Crippen molar-refractivity contribution >= 4 is 46.2 Å². The number of fused-ring (bicyclic) bond motifs is 9. The molecular weight excluding hydrogens is 741 g/mol. The number of hydrogen-bond donors (Lipinski definition) is 0. The summed E-state index contributed by atoms with van der Waals surface area (Å²) in [5, 5.41) is 1.03. The molecule has 58 heavy (non-hydrogen) atoms. The summed E-state index contributed by atoms with van der Waals surface area (Å²) < 4.78 is 0. The van der Waals surface area contributed by atoms with Crippen molar-refractivity contribution < 1.29 is 0 Å². The van der Waals surface area contributed by atoms with Gasteiger partial charge in [-0.1, -0.05) is 141 Å². The first-order chi connectivity index (χ1) is 28.5. The fraction of sp³-hybridized carbons (Fsp3) is 0.185. The van der Waals surface area contributed by atoms with Crippen molar-refractivity contribution in [3.63, 3.8) is 0 Å². The van der Waals surface area contributed by atoms with Crippen LogP contribution in [0.5, 0.6) is 0 Å². The van der Waals surface area contributed by atoms with Gasteiger partial charge in [0.25, 0.3) is 0 Å². The predicted octanol–water partition coefficient (Wildman–Crippen LogP) is 14.3. The maximum absolute atomic E-state index is 2.83. The Balaban J connectivity index is 0.943. The molecule has 0 N–H and O–H groups in total. The predicted molar refractivity (Wildman–Crippen MR) is 245 cm³/mol. The van der Waals surface area contributed by atoms with Gasteiger partial charge in [0.2, 0.25) is 0 Å². The van der Waals surface area contributed by atoms with Gasteiger partial charge in [0.05, 0.1) is 18.1 Å². The van der Waals surface area contributed by atoms with Gasteiger partial charge in [-0.3, -0.25) is 0 Å². The monoisotopic (exact) mass is 784 g/mol. The van der Waals surface area contributed by atoms with Crippen LogP contribution >= 0.6 is 23.5 Å². The first-order valence-electron chi connectivity index (χ1n) is 20.8. The van der Waals surface area contributed by atoms with Gasteiger partial charge in [0, 0.05) is 42.8 Å². The fourth-order valence-corrected chi connectivity index (χ4v) is 14.4. The Morgan fingerprint density at radius 1 is 0.534 bits per heavy atom. The molecular formula is C54H44N2S2. The van der Waals surface area contributed by atoms with Crippen molar-refractivity contribution in [3.05, 3.63) is 204 Å². The maximum Gasteiger partial charge on any atom is 0.0694 e. The SMILES string of the molecule is CC1(C)C2=C(CCC2N(c2ccc(-c3ccccc3)cc2)c2ccc(-c3ccccc3)cc2)c2ccc(N3C4c5ccccc5SC4C4Sc5ccccc5C43)cc21. The van der Waals surface area contributed by atoms with E-state index in [1.807, 2.05) is 0 Å². The lowest BCUT2D eigenvalue weighted by molar-refractivity contribution is 0.563. The second-order valence-electron chi connectivity index (χ2n) is 17.0. The van der Waals surface area contributed by atoms with Crippen LogP contribution in [-0.2, 0) is 5.41 Å². The molecule has 0 aromatic heterocycles. The minimum atomic E-state index is -0.128. The summed E-state index contributed by atoms with van der Waals surface area (Å²) in [4.78, 5) is 8.39. The summed E-state index contributed by atoms with van der Waals surface area (Å²) in [6.07, 6.45) is 2.18. The van der Waals surface area contributed by atoms with Crippen LogP contribution in [0.1, 0.15) is 61.0 Å². The van der Waals surface area contributed by atoms with E-state index < -0.39 is 0 Å². The zero-order valence-electron chi connectivity index (χ0n) is 32.8. The Kier molecular flexibility index (Phi) is 7.94. The lowest BCUT2D eigenvalue weighted by atomic mass is 9.77. The van der Waals surface area contributed by atoms with E-state index in [9.17, 15) is 0 Å². The molecule has 7 aromatic rings. The Morgan fingerprint density at radius 3 is 1.55 bits per heavy atom. The van der Waals surface area contributed by atoms with E-state index in [1.165, 1.54) is 71.4 Å². The van der Waals surface area contributed by atoms with Crippen molar-refractivity contribution in [1.29, 1.82) is 0 Å². The molecule has 5 unspecified atom stereocenters.